The Kier molecular flexibility index (Phi) is 7.12. The molecule has 0 spiro atoms. The lowest BCUT2D eigenvalue weighted by molar-refractivity contribution is 0.0934. The van der Waals surface area contributed by atoms with E-state index in [1.807, 2.05) is 35.2 Å². The van der Waals surface area contributed by atoms with Crippen LogP contribution in [0.25, 0.3) is 0 Å². The molecule has 1 atom stereocenters. The lowest BCUT2D eigenvalue weighted by Crippen LogP contribution is -2.33. The number of benzene rings is 1. The van der Waals surface area contributed by atoms with Crippen LogP contribution in [0.1, 0.15) is 49.7 Å². The molecular weight excluding hydrogens is 324 g/mol. The van der Waals surface area contributed by atoms with Crippen LogP contribution in [0.3, 0.4) is 0 Å². The van der Waals surface area contributed by atoms with Crippen LogP contribution >= 0.6 is 23.1 Å². The molecular formula is C18H24N2OS2. The highest BCUT2D eigenvalue weighted by Gasteiger charge is 2.14. The fourth-order valence-electron chi connectivity index (χ4n) is 2.20. The van der Waals surface area contributed by atoms with Gasteiger partial charge in [-0.3, -0.25) is 4.79 Å². The number of hydrogen-bond donors (Lipinski definition) is 1. The second-order valence-electron chi connectivity index (χ2n) is 6.11. The summed E-state index contributed by atoms with van der Waals surface area (Å²) in [5.74, 6) is 1.47. The van der Waals surface area contributed by atoms with Crippen LogP contribution in [0.15, 0.2) is 40.1 Å². The Bertz CT molecular complexity index is 611. The molecule has 0 saturated carbocycles. The molecule has 0 radical (unpaired) electrons. The Balaban J connectivity index is 1.96. The number of carbonyl (C=O) groups excluding carboxylic acids is 1. The van der Waals surface area contributed by atoms with Gasteiger partial charge in [0.25, 0.3) is 5.91 Å². The van der Waals surface area contributed by atoms with E-state index in [0.717, 1.165) is 34.7 Å². The zero-order chi connectivity index (χ0) is 16.7. The Morgan fingerprint density at radius 1 is 1.26 bits per heavy atom. The summed E-state index contributed by atoms with van der Waals surface area (Å²) >= 11 is 3.26. The van der Waals surface area contributed by atoms with Gasteiger partial charge in [-0.25, -0.2) is 4.98 Å². The molecule has 0 aliphatic carbocycles. The van der Waals surface area contributed by atoms with E-state index in [0.29, 0.717) is 5.92 Å². The molecule has 124 valence electrons. The largest absolute Gasteiger partial charge is 0.350 e. The van der Waals surface area contributed by atoms with E-state index in [1.54, 1.807) is 23.1 Å². The van der Waals surface area contributed by atoms with Crippen molar-refractivity contribution >= 4 is 29.0 Å². The van der Waals surface area contributed by atoms with Gasteiger partial charge in [0.2, 0.25) is 0 Å². The van der Waals surface area contributed by atoms with Gasteiger partial charge in [0.1, 0.15) is 0 Å². The molecule has 1 heterocycles. The van der Waals surface area contributed by atoms with Gasteiger partial charge < -0.3 is 5.32 Å². The lowest BCUT2D eigenvalue weighted by Gasteiger charge is -2.16. The van der Waals surface area contributed by atoms with Gasteiger partial charge in [0.15, 0.2) is 0 Å². The van der Waals surface area contributed by atoms with E-state index in [2.05, 4.69) is 31.1 Å². The van der Waals surface area contributed by atoms with Gasteiger partial charge in [0, 0.05) is 22.1 Å². The number of thioether (sulfide) groups is 1. The minimum absolute atomic E-state index is 0.0163. The zero-order valence-electron chi connectivity index (χ0n) is 13.9. The normalized spacial score (nSPS) is 12.3. The first-order valence-electron chi connectivity index (χ1n) is 7.96. The summed E-state index contributed by atoms with van der Waals surface area (Å²) in [4.78, 5) is 17.8. The smallest absolute Gasteiger partial charge is 0.252 e. The molecule has 3 nitrogen and oxygen atoms in total. The topological polar surface area (TPSA) is 42.0 Å². The Morgan fingerprint density at radius 3 is 2.74 bits per heavy atom. The summed E-state index contributed by atoms with van der Waals surface area (Å²) in [6.07, 6.45) is 2.14. The molecule has 0 aliphatic heterocycles. The molecule has 1 unspecified atom stereocenters. The van der Waals surface area contributed by atoms with Crippen molar-refractivity contribution in [2.24, 2.45) is 5.92 Å². The second kappa shape index (κ2) is 9.08. The number of carbonyl (C=O) groups is 1. The summed E-state index contributed by atoms with van der Waals surface area (Å²) in [6, 6.07) is 7.99. The average Bonchev–Trinajstić information content (AvgIpc) is 3.04. The number of rotatable bonds is 8. The standard InChI is InChI=1S/C18H24N2OS2/c1-13(2)8-9-14(3)20-18(21)16-6-4-5-7-17(16)23-11-15-10-22-12-19-15/h4-7,10,12-14H,8-9,11H2,1-3H3,(H,20,21). The van der Waals surface area contributed by atoms with Gasteiger partial charge in [-0.15, -0.1) is 23.1 Å². The zero-order valence-corrected chi connectivity index (χ0v) is 15.5. The molecule has 0 fully saturated rings. The highest BCUT2D eigenvalue weighted by atomic mass is 32.2. The first-order valence-corrected chi connectivity index (χ1v) is 9.89. The second-order valence-corrected chi connectivity index (χ2v) is 7.85. The van der Waals surface area contributed by atoms with E-state index in [4.69, 9.17) is 0 Å². The predicted octanol–water partition coefficient (Wildman–Crippen LogP) is 4.99. The van der Waals surface area contributed by atoms with Crippen LogP contribution in [0.4, 0.5) is 0 Å². The summed E-state index contributed by atoms with van der Waals surface area (Å²) in [5.41, 5.74) is 3.65. The monoisotopic (exact) mass is 348 g/mol. The van der Waals surface area contributed by atoms with Crippen LogP contribution in [-0.4, -0.2) is 16.9 Å². The molecule has 2 rings (SSSR count). The molecule has 1 aromatic carbocycles. The quantitative estimate of drug-likeness (QED) is 0.683. The number of nitrogens with zero attached hydrogens (tertiary/aromatic N) is 1. The van der Waals surface area contributed by atoms with Crippen LogP contribution in [0, 0.1) is 5.92 Å². The van der Waals surface area contributed by atoms with Crippen molar-refractivity contribution in [1.82, 2.24) is 10.3 Å². The summed E-state index contributed by atoms with van der Waals surface area (Å²) < 4.78 is 0. The number of aromatic nitrogens is 1. The maximum absolute atomic E-state index is 12.5. The maximum atomic E-state index is 12.5. The molecule has 1 aromatic heterocycles. The minimum Gasteiger partial charge on any atom is -0.350 e. The van der Waals surface area contributed by atoms with Gasteiger partial charge in [0.05, 0.1) is 16.8 Å². The van der Waals surface area contributed by atoms with E-state index in [9.17, 15) is 4.79 Å². The number of hydrogen-bond acceptors (Lipinski definition) is 4. The Labute approximate surface area is 146 Å². The third-order valence-electron chi connectivity index (χ3n) is 3.55. The minimum atomic E-state index is 0.0163. The third kappa shape index (κ3) is 5.99. The Hall–Kier alpha value is -1.33. The number of nitrogens with one attached hydrogen (secondary N) is 1. The van der Waals surface area contributed by atoms with E-state index in [1.165, 1.54) is 0 Å². The molecule has 1 amide bonds. The molecule has 23 heavy (non-hydrogen) atoms. The van der Waals surface area contributed by atoms with Crippen molar-refractivity contribution in [3.05, 3.63) is 46.4 Å². The van der Waals surface area contributed by atoms with Crippen LogP contribution in [-0.2, 0) is 5.75 Å². The predicted molar refractivity (Wildman–Crippen MR) is 99.1 cm³/mol. The highest BCUT2D eigenvalue weighted by molar-refractivity contribution is 7.98. The Morgan fingerprint density at radius 2 is 2.04 bits per heavy atom. The lowest BCUT2D eigenvalue weighted by atomic mass is 10.0. The van der Waals surface area contributed by atoms with E-state index in [-0.39, 0.29) is 11.9 Å². The van der Waals surface area contributed by atoms with Crippen molar-refractivity contribution in [2.75, 3.05) is 0 Å². The van der Waals surface area contributed by atoms with Crippen molar-refractivity contribution < 1.29 is 4.79 Å². The van der Waals surface area contributed by atoms with E-state index < -0.39 is 0 Å². The summed E-state index contributed by atoms with van der Waals surface area (Å²) in [5, 5.41) is 5.16. The van der Waals surface area contributed by atoms with Crippen LogP contribution in [0.2, 0.25) is 0 Å². The van der Waals surface area contributed by atoms with Gasteiger partial charge in [-0.2, -0.15) is 0 Å². The maximum Gasteiger partial charge on any atom is 0.252 e. The fourth-order valence-corrected chi connectivity index (χ4v) is 3.81. The number of amides is 1. The molecule has 1 N–H and O–H groups in total. The SMILES string of the molecule is CC(C)CCC(C)NC(=O)c1ccccc1SCc1cscn1. The van der Waals surface area contributed by atoms with Crippen molar-refractivity contribution in [2.45, 2.75) is 50.3 Å². The van der Waals surface area contributed by atoms with Crippen molar-refractivity contribution in [3.63, 3.8) is 0 Å². The van der Waals surface area contributed by atoms with Crippen molar-refractivity contribution in [1.29, 1.82) is 0 Å². The van der Waals surface area contributed by atoms with Gasteiger partial charge in [-0.05, 0) is 37.8 Å². The molecule has 0 saturated heterocycles. The van der Waals surface area contributed by atoms with Crippen LogP contribution in [0.5, 0.6) is 0 Å². The molecule has 0 aliphatic rings. The summed E-state index contributed by atoms with van der Waals surface area (Å²) in [6.45, 7) is 6.49. The highest BCUT2D eigenvalue weighted by Crippen LogP contribution is 2.26. The molecule has 0 bridgehead atoms. The first kappa shape index (κ1) is 18.0. The third-order valence-corrected chi connectivity index (χ3v) is 5.29. The van der Waals surface area contributed by atoms with Crippen LogP contribution < -0.4 is 5.32 Å². The van der Waals surface area contributed by atoms with E-state index >= 15 is 0 Å². The van der Waals surface area contributed by atoms with Gasteiger partial charge >= 0.3 is 0 Å². The first-order chi connectivity index (χ1) is 11.1. The van der Waals surface area contributed by atoms with Gasteiger partial charge in [-0.1, -0.05) is 26.0 Å². The average molecular weight is 349 g/mol. The van der Waals surface area contributed by atoms with Crippen molar-refractivity contribution in [3.8, 4) is 0 Å². The fraction of sp³-hybridized carbons (Fsp3) is 0.444. The molecule has 5 heteroatoms. The molecule has 2 aromatic rings. The summed E-state index contributed by atoms with van der Waals surface area (Å²) in [7, 11) is 0. The number of thiazole rings is 1.